The molecule has 2 aliphatic carbocycles. The molecule has 130 valence electrons. The van der Waals surface area contributed by atoms with Crippen molar-refractivity contribution in [3.63, 3.8) is 0 Å². The van der Waals surface area contributed by atoms with E-state index in [2.05, 4.69) is 17.5 Å². The molecular weight excluding hydrogens is 316 g/mol. The molecule has 1 N–H and O–H groups in total. The van der Waals surface area contributed by atoms with E-state index in [1.54, 1.807) is 6.07 Å². The number of hydrogen-bond donors (Lipinski definition) is 1. The van der Waals surface area contributed by atoms with E-state index in [4.69, 9.17) is 0 Å². The van der Waals surface area contributed by atoms with E-state index in [0.29, 0.717) is 5.56 Å². The molecule has 3 aliphatic rings. The predicted molar refractivity (Wildman–Crippen MR) is 92.7 cm³/mol. The molecular formula is C20H22N2O3. The standard InChI is InChI=1S/C20H22N2O3/c1-11-4-3-5-15(12(11)2)18(23)21-8-9-22-19(24)16-13-6-7-14(10-13)17(16)20(22)25/h3-7,13-14,16-17H,8-10H2,1-2H3,(H,21,23)/t13-,14-,16-,17+/m0/s1. The zero-order valence-corrected chi connectivity index (χ0v) is 14.5. The summed E-state index contributed by atoms with van der Waals surface area (Å²) in [4.78, 5) is 38.9. The summed E-state index contributed by atoms with van der Waals surface area (Å²) in [6.45, 7) is 4.42. The highest BCUT2D eigenvalue weighted by atomic mass is 16.2. The normalized spacial score (nSPS) is 29.4. The van der Waals surface area contributed by atoms with E-state index in [1.165, 1.54) is 4.90 Å². The van der Waals surface area contributed by atoms with Crippen LogP contribution in [0.1, 0.15) is 27.9 Å². The lowest BCUT2D eigenvalue weighted by atomic mass is 9.85. The number of aryl methyl sites for hydroxylation is 1. The van der Waals surface area contributed by atoms with Gasteiger partial charge in [0.15, 0.2) is 0 Å². The first kappa shape index (κ1) is 16.1. The molecule has 25 heavy (non-hydrogen) atoms. The Morgan fingerprint density at radius 1 is 1.12 bits per heavy atom. The Balaban J connectivity index is 1.38. The number of nitrogens with zero attached hydrogens (tertiary/aromatic N) is 1. The number of allylic oxidation sites excluding steroid dienone is 2. The number of likely N-dealkylation sites (tertiary alicyclic amines) is 1. The van der Waals surface area contributed by atoms with Crippen LogP contribution in [0.2, 0.25) is 0 Å². The molecule has 5 heteroatoms. The minimum absolute atomic E-state index is 0.0622. The molecule has 0 unspecified atom stereocenters. The largest absolute Gasteiger partial charge is 0.350 e. The van der Waals surface area contributed by atoms with Crippen LogP contribution in [0.5, 0.6) is 0 Å². The van der Waals surface area contributed by atoms with E-state index >= 15 is 0 Å². The summed E-state index contributed by atoms with van der Waals surface area (Å²) in [5, 5.41) is 2.84. The van der Waals surface area contributed by atoms with Gasteiger partial charge in [-0.2, -0.15) is 0 Å². The SMILES string of the molecule is Cc1cccc(C(=O)NCCN2C(=O)[C@@H]3[C@H](C2=O)[C@H]2C=C[C@H]3C2)c1C. The van der Waals surface area contributed by atoms with Crippen LogP contribution < -0.4 is 5.32 Å². The molecule has 1 aromatic rings. The lowest BCUT2D eigenvalue weighted by Crippen LogP contribution is -2.39. The molecule has 4 atom stereocenters. The van der Waals surface area contributed by atoms with Crippen molar-refractivity contribution in [1.29, 1.82) is 0 Å². The number of hydrogen-bond acceptors (Lipinski definition) is 3. The van der Waals surface area contributed by atoms with Crippen molar-refractivity contribution in [2.75, 3.05) is 13.1 Å². The Morgan fingerprint density at radius 3 is 2.40 bits per heavy atom. The number of carbonyl (C=O) groups is 3. The maximum Gasteiger partial charge on any atom is 0.251 e. The number of fused-ring (bicyclic) bond motifs is 5. The summed E-state index contributed by atoms with van der Waals surface area (Å²) in [6, 6.07) is 5.61. The molecule has 1 aromatic carbocycles. The molecule has 2 bridgehead atoms. The first-order valence-corrected chi connectivity index (χ1v) is 8.87. The van der Waals surface area contributed by atoms with Crippen molar-refractivity contribution in [1.82, 2.24) is 10.2 Å². The summed E-state index contributed by atoms with van der Waals surface area (Å²) in [5.41, 5.74) is 2.65. The van der Waals surface area contributed by atoms with E-state index in [-0.39, 0.29) is 54.5 Å². The van der Waals surface area contributed by atoms with Gasteiger partial charge < -0.3 is 5.32 Å². The van der Waals surface area contributed by atoms with E-state index < -0.39 is 0 Å². The van der Waals surface area contributed by atoms with Gasteiger partial charge in [0, 0.05) is 18.7 Å². The van der Waals surface area contributed by atoms with Crippen LogP contribution >= 0.6 is 0 Å². The second kappa shape index (κ2) is 5.83. The number of nitrogens with one attached hydrogen (secondary N) is 1. The lowest BCUT2D eigenvalue weighted by Gasteiger charge is -2.17. The smallest absolute Gasteiger partial charge is 0.251 e. The minimum atomic E-state index is -0.169. The van der Waals surface area contributed by atoms with E-state index in [1.807, 2.05) is 26.0 Å². The van der Waals surface area contributed by atoms with Crippen molar-refractivity contribution in [3.8, 4) is 0 Å². The van der Waals surface area contributed by atoms with Crippen molar-refractivity contribution in [2.45, 2.75) is 20.3 Å². The highest BCUT2D eigenvalue weighted by Gasteiger charge is 2.58. The molecule has 2 fully saturated rings. The third kappa shape index (κ3) is 2.41. The van der Waals surface area contributed by atoms with E-state index in [9.17, 15) is 14.4 Å². The van der Waals surface area contributed by atoms with Gasteiger partial charge in [-0.1, -0.05) is 24.3 Å². The van der Waals surface area contributed by atoms with Crippen molar-refractivity contribution in [2.24, 2.45) is 23.7 Å². The van der Waals surface area contributed by atoms with Gasteiger partial charge in [0.1, 0.15) is 0 Å². The van der Waals surface area contributed by atoms with Crippen LogP contribution in [-0.2, 0) is 9.59 Å². The molecule has 1 heterocycles. The van der Waals surface area contributed by atoms with Crippen molar-refractivity contribution >= 4 is 17.7 Å². The zero-order valence-electron chi connectivity index (χ0n) is 14.5. The van der Waals surface area contributed by atoms with Crippen LogP contribution in [-0.4, -0.2) is 35.7 Å². The maximum absolute atomic E-state index is 12.6. The molecule has 1 aliphatic heterocycles. The zero-order chi connectivity index (χ0) is 17.7. The van der Waals surface area contributed by atoms with Gasteiger partial charge in [-0.3, -0.25) is 19.3 Å². The highest BCUT2D eigenvalue weighted by Crippen LogP contribution is 2.52. The van der Waals surface area contributed by atoms with Crippen LogP contribution in [0.4, 0.5) is 0 Å². The molecule has 0 radical (unpaired) electrons. The maximum atomic E-state index is 12.6. The predicted octanol–water partition coefficient (Wildman–Crippen LogP) is 1.84. The van der Waals surface area contributed by atoms with Crippen LogP contribution in [0.15, 0.2) is 30.4 Å². The van der Waals surface area contributed by atoms with Crippen LogP contribution in [0.3, 0.4) is 0 Å². The van der Waals surface area contributed by atoms with Gasteiger partial charge in [-0.05, 0) is 49.3 Å². The van der Waals surface area contributed by atoms with Crippen molar-refractivity contribution in [3.05, 3.63) is 47.0 Å². The molecule has 4 rings (SSSR count). The molecule has 1 saturated carbocycles. The quantitative estimate of drug-likeness (QED) is 0.673. The van der Waals surface area contributed by atoms with Gasteiger partial charge in [0.2, 0.25) is 11.8 Å². The van der Waals surface area contributed by atoms with Crippen LogP contribution in [0, 0.1) is 37.5 Å². The number of benzene rings is 1. The van der Waals surface area contributed by atoms with Gasteiger partial charge in [-0.25, -0.2) is 0 Å². The monoisotopic (exact) mass is 338 g/mol. The van der Waals surface area contributed by atoms with Gasteiger partial charge in [0.05, 0.1) is 11.8 Å². The van der Waals surface area contributed by atoms with Gasteiger partial charge in [-0.15, -0.1) is 0 Å². The van der Waals surface area contributed by atoms with Gasteiger partial charge >= 0.3 is 0 Å². The van der Waals surface area contributed by atoms with Gasteiger partial charge in [0.25, 0.3) is 5.91 Å². The highest BCUT2D eigenvalue weighted by molar-refractivity contribution is 6.06. The fraction of sp³-hybridized carbons (Fsp3) is 0.450. The average Bonchev–Trinajstić information content (AvgIpc) is 3.26. The Hall–Kier alpha value is -2.43. The Bertz CT molecular complexity index is 768. The Morgan fingerprint density at radius 2 is 1.76 bits per heavy atom. The number of carbonyl (C=O) groups excluding carboxylic acids is 3. The first-order valence-electron chi connectivity index (χ1n) is 8.87. The summed E-state index contributed by atoms with van der Waals surface area (Å²) in [5.74, 6) is -0.181. The lowest BCUT2D eigenvalue weighted by molar-refractivity contribution is -0.140. The molecule has 3 amide bonds. The third-order valence-electron chi connectivity index (χ3n) is 6.03. The average molecular weight is 338 g/mol. The second-order valence-electron chi connectivity index (χ2n) is 7.33. The van der Waals surface area contributed by atoms with E-state index in [0.717, 1.165) is 17.5 Å². The number of imide groups is 1. The number of rotatable bonds is 4. The number of amides is 3. The Labute approximate surface area is 147 Å². The summed E-state index contributed by atoms with van der Waals surface area (Å²) >= 11 is 0. The summed E-state index contributed by atoms with van der Waals surface area (Å²) in [7, 11) is 0. The first-order chi connectivity index (χ1) is 12.0. The Kier molecular flexibility index (Phi) is 3.74. The molecule has 5 nitrogen and oxygen atoms in total. The summed E-state index contributed by atoms with van der Waals surface area (Å²) < 4.78 is 0. The van der Waals surface area contributed by atoms with Crippen molar-refractivity contribution < 1.29 is 14.4 Å². The fourth-order valence-corrected chi connectivity index (χ4v) is 4.56. The molecule has 0 spiro atoms. The second-order valence-corrected chi connectivity index (χ2v) is 7.33. The third-order valence-corrected chi connectivity index (χ3v) is 6.03. The molecule has 0 aromatic heterocycles. The van der Waals surface area contributed by atoms with Crippen LogP contribution in [0.25, 0.3) is 0 Å². The topological polar surface area (TPSA) is 66.5 Å². The minimum Gasteiger partial charge on any atom is -0.350 e. The fourth-order valence-electron chi connectivity index (χ4n) is 4.56. The summed E-state index contributed by atoms with van der Waals surface area (Å²) in [6.07, 6.45) is 5.11. The molecule has 1 saturated heterocycles.